The average molecular weight is 323 g/mol. The van der Waals surface area contributed by atoms with Gasteiger partial charge in [0.2, 0.25) is 5.91 Å². The van der Waals surface area contributed by atoms with E-state index in [4.69, 9.17) is 0 Å². The Labute approximate surface area is 146 Å². The maximum atomic E-state index is 13.3. The molecule has 0 radical (unpaired) electrons. The van der Waals surface area contributed by atoms with Gasteiger partial charge in [-0.1, -0.05) is 66.8 Å². The second-order valence-corrected chi connectivity index (χ2v) is 6.53. The number of benzene rings is 3. The summed E-state index contributed by atoms with van der Waals surface area (Å²) in [5.41, 5.74) is 4.24. The van der Waals surface area contributed by atoms with Crippen molar-refractivity contribution < 1.29 is 4.79 Å². The molecule has 0 aromatic heterocycles. The fourth-order valence-electron chi connectivity index (χ4n) is 3.99. The number of carbonyl (C=O) groups is 1. The number of nitrogens with zero attached hydrogens (tertiary/aromatic N) is 1. The van der Waals surface area contributed by atoms with Crippen LogP contribution in [0.2, 0.25) is 0 Å². The van der Waals surface area contributed by atoms with Crippen molar-refractivity contribution in [1.29, 1.82) is 0 Å². The minimum absolute atomic E-state index is 0.108. The van der Waals surface area contributed by atoms with Gasteiger partial charge in [-0.05, 0) is 41.0 Å². The summed E-state index contributed by atoms with van der Waals surface area (Å²) in [5, 5.41) is 2.41. The van der Waals surface area contributed by atoms with Gasteiger partial charge in [-0.2, -0.15) is 0 Å². The molecular weight excluding hydrogens is 306 g/mol. The van der Waals surface area contributed by atoms with Gasteiger partial charge >= 0.3 is 0 Å². The Bertz CT molecular complexity index is 1050. The van der Waals surface area contributed by atoms with Crippen molar-refractivity contribution in [2.24, 2.45) is 5.92 Å². The highest BCUT2D eigenvalue weighted by Gasteiger charge is 2.38. The molecule has 120 valence electrons. The van der Waals surface area contributed by atoms with Crippen LogP contribution in [0.1, 0.15) is 12.0 Å². The summed E-state index contributed by atoms with van der Waals surface area (Å²) >= 11 is 0. The lowest BCUT2D eigenvalue weighted by atomic mass is 9.79. The van der Waals surface area contributed by atoms with Crippen LogP contribution in [0.3, 0.4) is 0 Å². The minimum Gasteiger partial charge on any atom is -0.280 e. The zero-order valence-corrected chi connectivity index (χ0v) is 13.7. The zero-order valence-electron chi connectivity index (χ0n) is 13.7. The molecule has 5 rings (SSSR count). The highest BCUT2D eigenvalue weighted by Crippen LogP contribution is 2.47. The Morgan fingerprint density at radius 1 is 0.880 bits per heavy atom. The van der Waals surface area contributed by atoms with Gasteiger partial charge in [0.1, 0.15) is 0 Å². The molecule has 0 bridgehead atoms. The molecule has 1 atom stereocenters. The van der Waals surface area contributed by atoms with Crippen LogP contribution in [0, 0.1) is 5.92 Å². The van der Waals surface area contributed by atoms with Gasteiger partial charge in [-0.15, -0.1) is 0 Å². The molecule has 2 aliphatic rings. The summed E-state index contributed by atoms with van der Waals surface area (Å²) in [6.07, 6.45) is 7.03. The molecule has 1 aliphatic heterocycles. The van der Waals surface area contributed by atoms with E-state index >= 15 is 0 Å². The molecule has 1 unspecified atom stereocenters. The third-order valence-corrected chi connectivity index (χ3v) is 5.13. The summed E-state index contributed by atoms with van der Waals surface area (Å²) in [6, 6.07) is 22.6. The Morgan fingerprint density at radius 2 is 1.68 bits per heavy atom. The summed E-state index contributed by atoms with van der Waals surface area (Å²) in [6.45, 7) is 0. The number of hydrogen-bond donors (Lipinski definition) is 0. The monoisotopic (exact) mass is 323 g/mol. The largest absolute Gasteiger partial charge is 0.280 e. The van der Waals surface area contributed by atoms with E-state index in [1.807, 2.05) is 35.2 Å². The average Bonchev–Trinajstić information content (AvgIpc) is 2.68. The molecule has 3 aromatic carbocycles. The number of fused-ring (bicyclic) bond motifs is 5. The predicted octanol–water partition coefficient (Wildman–Crippen LogP) is 5.48. The summed E-state index contributed by atoms with van der Waals surface area (Å²) < 4.78 is 0. The lowest BCUT2D eigenvalue weighted by Crippen LogP contribution is -2.38. The summed E-state index contributed by atoms with van der Waals surface area (Å²) in [7, 11) is 0. The van der Waals surface area contributed by atoms with E-state index in [1.165, 1.54) is 16.3 Å². The van der Waals surface area contributed by atoms with Crippen LogP contribution >= 0.6 is 0 Å². The lowest BCUT2D eigenvalue weighted by molar-refractivity contribution is -0.120. The smallest absolute Gasteiger partial charge is 0.239 e. The first-order chi connectivity index (χ1) is 12.3. The van der Waals surface area contributed by atoms with Crippen molar-refractivity contribution in [3.8, 4) is 0 Å². The van der Waals surface area contributed by atoms with Crippen LogP contribution in [0.4, 0.5) is 11.4 Å². The molecule has 0 saturated carbocycles. The second kappa shape index (κ2) is 5.45. The second-order valence-electron chi connectivity index (χ2n) is 6.53. The summed E-state index contributed by atoms with van der Waals surface area (Å²) in [5.74, 6) is 0.0492. The van der Waals surface area contributed by atoms with Crippen molar-refractivity contribution >= 4 is 33.6 Å². The molecule has 2 nitrogen and oxygen atoms in total. The van der Waals surface area contributed by atoms with Gasteiger partial charge in [0.05, 0.1) is 11.6 Å². The fraction of sp³-hybridized carbons (Fsp3) is 0.0870. The Balaban J connectivity index is 1.86. The van der Waals surface area contributed by atoms with E-state index < -0.39 is 0 Å². The first-order valence-corrected chi connectivity index (χ1v) is 8.62. The van der Waals surface area contributed by atoms with Crippen LogP contribution in [0.15, 0.2) is 85.0 Å². The van der Waals surface area contributed by atoms with Crippen LogP contribution in [0.5, 0.6) is 0 Å². The molecular formula is C23H17NO. The highest BCUT2D eigenvalue weighted by molar-refractivity contribution is 6.17. The van der Waals surface area contributed by atoms with Crippen LogP contribution in [0.25, 0.3) is 16.3 Å². The molecule has 3 aromatic rings. The van der Waals surface area contributed by atoms with Crippen LogP contribution in [-0.2, 0) is 4.79 Å². The van der Waals surface area contributed by atoms with Crippen molar-refractivity contribution in [3.05, 3.63) is 90.5 Å². The van der Waals surface area contributed by atoms with Crippen molar-refractivity contribution in [2.45, 2.75) is 6.42 Å². The SMILES string of the molecule is O=C1C2CC=CC=C2c2c(ccc3ccccc23)N1c1ccccc1. The maximum Gasteiger partial charge on any atom is 0.239 e. The fourth-order valence-corrected chi connectivity index (χ4v) is 3.99. The van der Waals surface area contributed by atoms with Gasteiger partial charge in [-0.3, -0.25) is 9.69 Å². The number of anilines is 2. The number of carbonyl (C=O) groups excluding carboxylic acids is 1. The van der Waals surface area contributed by atoms with E-state index in [9.17, 15) is 4.79 Å². The van der Waals surface area contributed by atoms with Crippen molar-refractivity contribution in [2.75, 3.05) is 4.90 Å². The molecule has 0 fully saturated rings. The highest BCUT2D eigenvalue weighted by atomic mass is 16.2. The topological polar surface area (TPSA) is 20.3 Å². The quantitative estimate of drug-likeness (QED) is 0.581. The van der Waals surface area contributed by atoms with E-state index in [0.717, 1.165) is 23.4 Å². The predicted molar refractivity (Wildman–Crippen MR) is 103 cm³/mol. The first kappa shape index (κ1) is 14.2. The molecule has 0 N–H and O–H groups in total. The Morgan fingerprint density at radius 3 is 2.56 bits per heavy atom. The number of para-hydroxylation sites is 1. The Hall–Kier alpha value is -3.13. The van der Waals surface area contributed by atoms with Gasteiger partial charge < -0.3 is 0 Å². The first-order valence-electron chi connectivity index (χ1n) is 8.62. The standard InChI is InChI=1S/C23H17NO/c25-23-20-13-7-6-12-19(20)22-18-11-5-4-8-16(18)14-15-21(22)24(23)17-9-2-1-3-10-17/h1-12,14-15,20H,13H2. The van der Waals surface area contributed by atoms with E-state index in [1.54, 1.807) is 0 Å². The van der Waals surface area contributed by atoms with Crippen LogP contribution < -0.4 is 4.90 Å². The van der Waals surface area contributed by atoms with Gasteiger partial charge in [0, 0.05) is 11.3 Å². The Kier molecular flexibility index (Phi) is 3.10. The van der Waals surface area contributed by atoms with E-state index in [-0.39, 0.29) is 11.8 Å². The van der Waals surface area contributed by atoms with Gasteiger partial charge in [0.25, 0.3) is 0 Å². The molecule has 2 heteroatoms. The van der Waals surface area contributed by atoms with Crippen molar-refractivity contribution in [1.82, 2.24) is 0 Å². The third kappa shape index (κ3) is 2.07. The zero-order chi connectivity index (χ0) is 16.8. The van der Waals surface area contributed by atoms with Gasteiger partial charge in [0.15, 0.2) is 0 Å². The molecule has 0 spiro atoms. The molecule has 1 amide bonds. The minimum atomic E-state index is -0.108. The maximum absolute atomic E-state index is 13.3. The van der Waals surface area contributed by atoms with Crippen LogP contribution in [-0.4, -0.2) is 5.91 Å². The van der Waals surface area contributed by atoms with Crippen molar-refractivity contribution in [3.63, 3.8) is 0 Å². The third-order valence-electron chi connectivity index (χ3n) is 5.13. The number of rotatable bonds is 1. The normalized spacial score (nSPS) is 18.7. The molecule has 1 heterocycles. The number of allylic oxidation sites excluding steroid dienone is 3. The number of hydrogen-bond acceptors (Lipinski definition) is 1. The molecule has 1 aliphatic carbocycles. The lowest BCUT2D eigenvalue weighted by Gasteiger charge is -2.37. The van der Waals surface area contributed by atoms with E-state index in [2.05, 4.69) is 54.6 Å². The number of amides is 1. The van der Waals surface area contributed by atoms with Gasteiger partial charge in [-0.25, -0.2) is 0 Å². The van der Waals surface area contributed by atoms with E-state index in [0.29, 0.717) is 0 Å². The molecule has 0 saturated heterocycles. The molecule has 25 heavy (non-hydrogen) atoms. The summed E-state index contributed by atoms with van der Waals surface area (Å²) in [4.78, 5) is 15.2.